The third kappa shape index (κ3) is 3.22. The summed E-state index contributed by atoms with van der Waals surface area (Å²) in [6, 6.07) is 12.7. The minimum Gasteiger partial charge on any atom is -0.394 e. The van der Waals surface area contributed by atoms with Crippen molar-refractivity contribution in [2.45, 2.75) is 13.0 Å². The largest absolute Gasteiger partial charge is 0.394 e. The lowest BCUT2D eigenvalue weighted by Gasteiger charge is -2.17. The number of benzene rings is 2. The highest BCUT2D eigenvalue weighted by atomic mass is 19.1. The number of aryl methyl sites for hydroxylation is 1. The van der Waals surface area contributed by atoms with E-state index in [9.17, 15) is 14.3 Å². The first kappa shape index (κ1) is 14.2. The molecular formula is C16H16FNO2. The molecule has 0 heterocycles. The zero-order chi connectivity index (χ0) is 14.5. The normalized spacial score (nSPS) is 11.9. The summed E-state index contributed by atoms with van der Waals surface area (Å²) in [7, 11) is 0. The van der Waals surface area contributed by atoms with E-state index in [1.54, 1.807) is 13.0 Å². The number of aliphatic hydroxyl groups excluding tert-OH is 1. The molecular weight excluding hydrogens is 257 g/mol. The molecule has 0 saturated heterocycles. The Hall–Kier alpha value is -2.20. The number of amides is 1. The van der Waals surface area contributed by atoms with Crippen LogP contribution in [-0.2, 0) is 0 Å². The molecule has 0 aliphatic rings. The summed E-state index contributed by atoms with van der Waals surface area (Å²) >= 11 is 0. The molecule has 0 bridgehead atoms. The van der Waals surface area contributed by atoms with E-state index in [2.05, 4.69) is 5.32 Å². The third-order valence-electron chi connectivity index (χ3n) is 3.13. The van der Waals surface area contributed by atoms with Gasteiger partial charge in [0.15, 0.2) is 0 Å². The van der Waals surface area contributed by atoms with Crippen molar-refractivity contribution in [3.05, 3.63) is 71.0 Å². The summed E-state index contributed by atoms with van der Waals surface area (Å²) < 4.78 is 13.2. The molecule has 0 radical (unpaired) electrons. The van der Waals surface area contributed by atoms with Gasteiger partial charge in [-0.15, -0.1) is 0 Å². The summed E-state index contributed by atoms with van der Waals surface area (Å²) in [6.07, 6.45) is 0. The average Bonchev–Trinajstić information content (AvgIpc) is 2.48. The lowest BCUT2D eigenvalue weighted by Crippen LogP contribution is -2.31. The van der Waals surface area contributed by atoms with Crippen molar-refractivity contribution in [2.75, 3.05) is 6.61 Å². The monoisotopic (exact) mass is 273 g/mol. The fraction of sp³-hybridized carbons (Fsp3) is 0.188. The summed E-state index contributed by atoms with van der Waals surface area (Å²) in [6.45, 7) is 1.52. The lowest BCUT2D eigenvalue weighted by atomic mass is 10.0. The topological polar surface area (TPSA) is 49.3 Å². The van der Waals surface area contributed by atoms with Gasteiger partial charge in [-0.2, -0.15) is 0 Å². The number of halogens is 1. The van der Waals surface area contributed by atoms with Crippen molar-refractivity contribution >= 4 is 5.91 Å². The van der Waals surface area contributed by atoms with Gasteiger partial charge in [0, 0.05) is 5.56 Å². The molecule has 3 nitrogen and oxygen atoms in total. The summed E-state index contributed by atoms with van der Waals surface area (Å²) in [5.74, 6) is -0.856. The SMILES string of the molecule is Cc1ccc(F)cc1C(=O)NC(CO)c1ccccc1. The fourth-order valence-electron chi connectivity index (χ4n) is 1.99. The van der Waals surface area contributed by atoms with E-state index in [0.717, 1.165) is 5.56 Å². The van der Waals surface area contributed by atoms with Crippen LogP contribution in [0.3, 0.4) is 0 Å². The molecule has 0 aromatic heterocycles. The number of carbonyl (C=O) groups is 1. The molecule has 2 aromatic carbocycles. The average molecular weight is 273 g/mol. The van der Waals surface area contributed by atoms with Gasteiger partial charge in [-0.3, -0.25) is 4.79 Å². The standard InChI is InChI=1S/C16H16FNO2/c1-11-7-8-13(17)9-14(11)16(20)18-15(10-19)12-5-3-2-4-6-12/h2-9,15,19H,10H2,1H3,(H,18,20). The molecule has 1 amide bonds. The van der Waals surface area contributed by atoms with Gasteiger partial charge in [0.1, 0.15) is 5.82 Å². The number of aliphatic hydroxyl groups is 1. The van der Waals surface area contributed by atoms with Crippen LogP contribution in [0.25, 0.3) is 0 Å². The minimum absolute atomic E-state index is 0.218. The van der Waals surface area contributed by atoms with Crippen LogP contribution in [0.4, 0.5) is 4.39 Å². The molecule has 0 aliphatic carbocycles. The first-order valence-corrected chi connectivity index (χ1v) is 6.34. The van der Waals surface area contributed by atoms with E-state index in [1.165, 1.54) is 12.1 Å². The molecule has 0 spiro atoms. The van der Waals surface area contributed by atoms with Crippen LogP contribution in [0.1, 0.15) is 27.5 Å². The molecule has 0 saturated carbocycles. The van der Waals surface area contributed by atoms with Gasteiger partial charge in [-0.25, -0.2) is 4.39 Å². The van der Waals surface area contributed by atoms with Crippen molar-refractivity contribution in [3.8, 4) is 0 Å². The van der Waals surface area contributed by atoms with Gasteiger partial charge in [0.25, 0.3) is 5.91 Å². The molecule has 1 unspecified atom stereocenters. The third-order valence-corrected chi connectivity index (χ3v) is 3.13. The van der Waals surface area contributed by atoms with Crippen LogP contribution in [0.2, 0.25) is 0 Å². The molecule has 2 N–H and O–H groups in total. The Morgan fingerprint density at radius 2 is 1.95 bits per heavy atom. The number of carbonyl (C=O) groups excluding carboxylic acids is 1. The van der Waals surface area contributed by atoms with Crippen molar-refractivity contribution in [3.63, 3.8) is 0 Å². The van der Waals surface area contributed by atoms with Crippen LogP contribution in [0, 0.1) is 12.7 Å². The molecule has 2 rings (SSSR count). The van der Waals surface area contributed by atoms with Crippen LogP contribution < -0.4 is 5.32 Å². The van der Waals surface area contributed by atoms with Gasteiger partial charge in [-0.1, -0.05) is 36.4 Å². The van der Waals surface area contributed by atoms with Crippen molar-refractivity contribution in [1.82, 2.24) is 5.32 Å². The maximum absolute atomic E-state index is 13.2. The Bertz CT molecular complexity index is 599. The lowest BCUT2D eigenvalue weighted by molar-refractivity contribution is 0.0915. The Labute approximate surface area is 117 Å². The first-order chi connectivity index (χ1) is 9.61. The van der Waals surface area contributed by atoms with E-state index >= 15 is 0 Å². The zero-order valence-corrected chi connectivity index (χ0v) is 11.1. The summed E-state index contributed by atoms with van der Waals surface area (Å²) in [5.41, 5.74) is 1.77. The Kier molecular flexibility index (Phi) is 4.48. The van der Waals surface area contributed by atoms with Crippen LogP contribution in [0.15, 0.2) is 48.5 Å². The van der Waals surface area contributed by atoms with Gasteiger partial charge >= 0.3 is 0 Å². The predicted octanol–water partition coefficient (Wildman–Crippen LogP) is 2.60. The smallest absolute Gasteiger partial charge is 0.252 e. The van der Waals surface area contributed by atoms with E-state index in [0.29, 0.717) is 5.56 Å². The van der Waals surface area contributed by atoms with Crippen molar-refractivity contribution in [1.29, 1.82) is 0 Å². The summed E-state index contributed by atoms with van der Waals surface area (Å²) in [4.78, 5) is 12.2. The maximum Gasteiger partial charge on any atom is 0.252 e. The molecule has 4 heteroatoms. The van der Waals surface area contributed by atoms with E-state index < -0.39 is 17.8 Å². The van der Waals surface area contributed by atoms with E-state index in [4.69, 9.17) is 0 Å². The summed E-state index contributed by atoms with van der Waals surface area (Å²) in [5, 5.41) is 12.1. The number of hydrogen-bond donors (Lipinski definition) is 2. The van der Waals surface area contributed by atoms with E-state index in [-0.39, 0.29) is 12.2 Å². The molecule has 104 valence electrons. The zero-order valence-electron chi connectivity index (χ0n) is 11.1. The second-order valence-corrected chi connectivity index (χ2v) is 4.58. The highest BCUT2D eigenvalue weighted by molar-refractivity contribution is 5.95. The first-order valence-electron chi connectivity index (χ1n) is 6.34. The van der Waals surface area contributed by atoms with Crippen LogP contribution in [0.5, 0.6) is 0 Å². The predicted molar refractivity (Wildman–Crippen MR) is 74.9 cm³/mol. The van der Waals surface area contributed by atoms with Crippen LogP contribution >= 0.6 is 0 Å². The van der Waals surface area contributed by atoms with Gasteiger partial charge in [0.05, 0.1) is 12.6 Å². The highest BCUT2D eigenvalue weighted by Gasteiger charge is 2.16. The Morgan fingerprint density at radius 3 is 2.60 bits per heavy atom. The molecule has 20 heavy (non-hydrogen) atoms. The second-order valence-electron chi connectivity index (χ2n) is 4.58. The second kappa shape index (κ2) is 6.30. The number of hydrogen-bond acceptors (Lipinski definition) is 2. The van der Waals surface area contributed by atoms with Gasteiger partial charge < -0.3 is 10.4 Å². The Balaban J connectivity index is 2.20. The quantitative estimate of drug-likeness (QED) is 0.899. The number of nitrogens with one attached hydrogen (secondary N) is 1. The molecule has 1 atom stereocenters. The van der Waals surface area contributed by atoms with E-state index in [1.807, 2.05) is 30.3 Å². The number of rotatable bonds is 4. The molecule has 0 aliphatic heterocycles. The van der Waals surface area contributed by atoms with Crippen molar-refractivity contribution < 1.29 is 14.3 Å². The van der Waals surface area contributed by atoms with Gasteiger partial charge in [0.2, 0.25) is 0 Å². The molecule has 2 aromatic rings. The Morgan fingerprint density at radius 1 is 1.25 bits per heavy atom. The van der Waals surface area contributed by atoms with Crippen LogP contribution in [-0.4, -0.2) is 17.6 Å². The maximum atomic E-state index is 13.2. The molecule has 0 fully saturated rings. The highest BCUT2D eigenvalue weighted by Crippen LogP contribution is 2.15. The minimum atomic E-state index is -0.508. The fourth-order valence-corrected chi connectivity index (χ4v) is 1.99. The van der Waals surface area contributed by atoms with Gasteiger partial charge in [-0.05, 0) is 30.2 Å². The van der Waals surface area contributed by atoms with Crippen molar-refractivity contribution in [2.24, 2.45) is 0 Å².